The van der Waals surface area contributed by atoms with Crippen LogP contribution in [0.2, 0.25) is 0 Å². The lowest BCUT2D eigenvalue weighted by Crippen LogP contribution is -2.31. The summed E-state index contributed by atoms with van der Waals surface area (Å²) in [5.74, 6) is 2.67. The van der Waals surface area contributed by atoms with Crippen LogP contribution < -0.4 is 15.0 Å². The van der Waals surface area contributed by atoms with Gasteiger partial charge in [-0.25, -0.2) is 4.98 Å². The lowest BCUT2D eigenvalue weighted by atomic mass is 10.1. The SMILES string of the molecule is COc1cccc(CCNc2cc(C)nc(N3CCCCC3)n2)c1. The first-order valence-electron chi connectivity index (χ1n) is 8.72. The van der Waals surface area contributed by atoms with Gasteiger partial charge >= 0.3 is 0 Å². The van der Waals surface area contributed by atoms with E-state index in [0.717, 1.165) is 49.3 Å². The van der Waals surface area contributed by atoms with Crippen molar-refractivity contribution in [1.82, 2.24) is 9.97 Å². The Morgan fingerprint density at radius 3 is 2.75 bits per heavy atom. The molecule has 1 aromatic heterocycles. The third-order valence-electron chi connectivity index (χ3n) is 4.34. The zero-order valence-corrected chi connectivity index (χ0v) is 14.6. The summed E-state index contributed by atoms with van der Waals surface area (Å²) in [5, 5.41) is 3.43. The fourth-order valence-corrected chi connectivity index (χ4v) is 3.04. The van der Waals surface area contributed by atoms with Crippen molar-refractivity contribution in [1.29, 1.82) is 0 Å². The Labute approximate surface area is 144 Å². The van der Waals surface area contributed by atoms with Gasteiger partial charge < -0.3 is 15.0 Å². The number of aromatic nitrogens is 2. The maximum Gasteiger partial charge on any atom is 0.227 e. The molecule has 0 atom stereocenters. The van der Waals surface area contributed by atoms with E-state index in [0.29, 0.717) is 0 Å². The molecule has 3 rings (SSSR count). The predicted octanol–water partition coefficient (Wildman–Crippen LogP) is 3.44. The van der Waals surface area contributed by atoms with E-state index in [4.69, 9.17) is 9.72 Å². The average Bonchev–Trinajstić information content (AvgIpc) is 2.62. The number of hydrogen-bond donors (Lipinski definition) is 1. The lowest BCUT2D eigenvalue weighted by molar-refractivity contribution is 0.414. The van der Waals surface area contributed by atoms with Crippen molar-refractivity contribution in [2.45, 2.75) is 32.6 Å². The van der Waals surface area contributed by atoms with Crippen molar-refractivity contribution in [3.63, 3.8) is 0 Å². The van der Waals surface area contributed by atoms with Crippen LogP contribution >= 0.6 is 0 Å². The topological polar surface area (TPSA) is 50.3 Å². The highest BCUT2D eigenvalue weighted by molar-refractivity contribution is 5.44. The number of hydrogen-bond acceptors (Lipinski definition) is 5. The van der Waals surface area contributed by atoms with E-state index in [1.807, 2.05) is 25.1 Å². The van der Waals surface area contributed by atoms with Gasteiger partial charge in [0.1, 0.15) is 11.6 Å². The van der Waals surface area contributed by atoms with Crippen LogP contribution in [0, 0.1) is 6.92 Å². The van der Waals surface area contributed by atoms with Crippen molar-refractivity contribution in [3.8, 4) is 5.75 Å². The van der Waals surface area contributed by atoms with Gasteiger partial charge in [0, 0.05) is 31.4 Å². The second-order valence-corrected chi connectivity index (χ2v) is 6.27. The summed E-state index contributed by atoms with van der Waals surface area (Å²) in [5.41, 5.74) is 2.26. The first-order chi connectivity index (χ1) is 11.7. The molecule has 0 bridgehead atoms. The van der Waals surface area contributed by atoms with E-state index in [-0.39, 0.29) is 0 Å². The van der Waals surface area contributed by atoms with Crippen LogP contribution in [0.4, 0.5) is 11.8 Å². The third kappa shape index (κ3) is 4.37. The second kappa shape index (κ2) is 7.99. The van der Waals surface area contributed by atoms with Gasteiger partial charge in [-0.1, -0.05) is 12.1 Å². The average molecular weight is 326 g/mol. The number of aryl methyl sites for hydroxylation is 1. The molecule has 2 aromatic rings. The summed E-state index contributed by atoms with van der Waals surface area (Å²) < 4.78 is 5.27. The minimum absolute atomic E-state index is 0.836. The fraction of sp³-hybridized carbons (Fsp3) is 0.474. The zero-order valence-electron chi connectivity index (χ0n) is 14.6. The van der Waals surface area contributed by atoms with Gasteiger partial charge in [0.15, 0.2) is 0 Å². The Bertz CT molecular complexity index is 668. The van der Waals surface area contributed by atoms with E-state index in [1.54, 1.807) is 7.11 Å². The van der Waals surface area contributed by atoms with Crippen LogP contribution in [-0.4, -0.2) is 36.7 Å². The van der Waals surface area contributed by atoms with Gasteiger partial charge in [0.05, 0.1) is 7.11 Å². The lowest BCUT2D eigenvalue weighted by Gasteiger charge is -2.27. The van der Waals surface area contributed by atoms with Crippen LogP contribution in [0.1, 0.15) is 30.5 Å². The van der Waals surface area contributed by atoms with Crippen LogP contribution in [0.15, 0.2) is 30.3 Å². The standard InChI is InChI=1S/C19H26N4O/c1-15-13-18(22-19(21-15)23-11-4-3-5-12-23)20-10-9-16-7-6-8-17(14-16)24-2/h6-8,13-14H,3-5,9-12H2,1-2H3,(H,20,21,22). The molecule has 24 heavy (non-hydrogen) atoms. The maximum absolute atomic E-state index is 5.27. The summed E-state index contributed by atoms with van der Waals surface area (Å²) in [6, 6.07) is 10.2. The molecule has 1 aliphatic rings. The van der Waals surface area contributed by atoms with Crippen molar-refractivity contribution >= 4 is 11.8 Å². The van der Waals surface area contributed by atoms with Crippen molar-refractivity contribution in [2.75, 3.05) is 37.0 Å². The molecule has 1 fully saturated rings. The molecule has 5 nitrogen and oxygen atoms in total. The van der Waals surface area contributed by atoms with Crippen LogP contribution in [0.5, 0.6) is 5.75 Å². The molecular weight excluding hydrogens is 300 g/mol. The fourth-order valence-electron chi connectivity index (χ4n) is 3.04. The van der Waals surface area contributed by atoms with Gasteiger partial charge in [0.2, 0.25) is 5.95 Å². The first kappa shape index (κ1) is 16.6. The van der Waals surface area contributed by atoms with Gasteiger partial charge in [0.25, 0.3) is 0 Å². The molecule has 0 unspecified atom stereocenters. The Morgan fingerprint density at radius 1 is 1.12 bits per heavy atom. The quantitative estimate of drug-likeness (QED) is 0.881. The number of rotatable bonds is 6. The van der Waals surface area contributed by atoms with E-state index in [2.05, 4.69) is 27.3 Å². The molecule has 0 spiro atoms. The number of piperidine rings is 1. The Balaban J connectivity index is 1.61. The van der Waals surface area contributed by atoms with E-state index in [9.17, 15) is 0 Å². The second-order valence-electron chi connectivity index (χ2n) is 6.27. The molecule has 0 amide bonds. The van der Waals surface area contributed by atoms with Gasteiger partial charge in [-0.2, -0.15) is 4.98 Å². The van der Waals surface area contributed by atoms with Crippen molar-refractivity contribution in [2.24, 2.45) is 0 Å². The maximum atomic E-state index is 5.27. The van der Waals surface area contributed by atoms with Crippen molar-refractivity contribution < 1.29 is 4.74 Å². The molecule has 1 N–H and O–H groups in total. The van der Waals surface area contributed by atoms with Crippen molar-refractivity contribution in [3.05, 3.63) is 41.6 Å². The molecule has 1 aliphatic heterocycles. The molecule has 1 aromatic carbocycles. The minimum Gasteiger partial charge on any atom is -0.497 e. The molecule has 128 valence electrons. The molecule has 2 heterocycles. The Hall–Kier alpha value is -2.30. The molecular formula is C19H26N4O. The van der Waals surface area contributed by atoms with E-state index >= 15 is 0 Å². The Kier molecular flexibility index (Phi) is 5.51. The van der Waals surface area contributed by atoms with Gasteiger partial charge in [-0.05, 0) is 50.3 Å². The monoisotopic (exact) mass is 326 g/mol. The summed E-state index contributed by atoms with van der Waals surface area (Å²) in [6.45, 7) is 4.99. The van der Waals surface area contributed by atoms with E-state index in [1.165, 1.54) is 24.8 Å². The van der Waals surface area contributed by atoms with Crippen LogP contribution in [0.25, 0.3) is 0 Å². The molecule has 0 aliphatic carbocycles. The summed E-state index contributed by atoms with van der Waals surface area (Å²) in [4.78, 5) is 11.6. The van der Waals surface area contributed by atoms with Crippen LogP contribution in [-0.2, 0) is 6.42 Å². The highest BCUT2D eigenvalue weighted by Crippen LogP contribution is 2.19. The first-order valence-corrected chi connectivity index (χ1v) is 8.72. The highest BCUT2D eigenvalue weighted by Gasteiger charge is 2.14. The summed E-state index contributed by atoms with van der Waals surface area (Å²) in [6.07, 6.45) is 4.71. The molecule has 0 radical (unpaired) electrons. The number of ether oxygens (including phenoxy) is 1. The van der Waals surface area contributed by atoms with Gasteiger partial charge in [-0.3, -0.25) is 0 Å². The number of benzene rings is 1. The smallest absolute Gasteiger partial charge is 0.227 e. The predicted molar refractivity (Wildman–Crippen MR) is 98.0 cm³/mol. The van der Waals surface area contributed by atoms with Crippen LogP contribution in [0.3, 0.4) is 0 Å². The highest BCUT2D eigenvalue weighted by atomic mass is 16.5. The normalized spacial score (nSPS) is 14.5. The van der Waals surface area contributed by atoms with Gasteiger partial charge in [-0.15, -0.1) is 0 Å². The number of nitrogens with one attached hydrogen (secondary N) is 1. The largest absolute Gasteiger partial charge is 0.497 e. The summed E-state index contributed by atoms with van der Waals surface area (Å²) >= 11 is 0. The minimum atomic E-state index is 0.836. The number of anilines is 2. The Morgan fingerprint density at radius 2 is 1.96 bits per heavy atom. The van der Waals surface area contributed by atoms with E-state index < -0.39 is 0 Å². The molecule has 0 saturated carbocycles. The number of methoxy groups -OCH3 is 1. The molecule has 1 saturated heterocycles. The molecule has 5 heteroatoms. The third-order valence-corrected chi connectivity index (χ3v) is 4.34. The number of nitrogens with zero attached hydrogens (tertiary/aromatic N) is 3. The zero-order chi connectivity index (χ0) is 16.8. The summed E-state index contributed by atoms with van der Waals surface area (Å²) in [7, 11) is 1.70.